The van der Waals surface area contributed by atoms with E-state index >= 15 is 0 Å². The quantitative estimate of drug-likeness (QED) is 0.187. The van der Waals surface area contributed by atoms with Crippen molar-refractivity contribution >= 4 is 63.7 Å². The van der Waals surface area contributed by atoms with Gasteiger partial charge < -0.3 is 9.47 Å². The van der Waals surface area contributed by atoms with Crippen molar-refractivity contribution in [3.8, 4) is 22.6 Å². The Morgan fingerprint density at radius 3 is 1.21 bits per heavy atom. The van der Waals surface area contributed by atoms with Crippen molar-refractivity contribution in [2.75, 3.05) is 14.2 Å². The molecule has 0 atom stereocenters. The smallest absolute Gasteiger partial charge is 0.147 e. The molecule has 0 amide bonds. The van der Waals surface area contributed by atoms with E-state index in [2.05, 4.69) is 137 Å². The minimum absolute atomic E-state index is 0.540. The molecule has 1 aliphatic rings. The fourth-order valence-electron chi connectivity index (χ4n) is 4.97. The van der Waals surface area contributed by atoms with Gasteiger partial charge in [-0.1, -0.05) is 48.5 Å². The van der Waals surface area contributed by atoms with Crippen LogP contribution in [0.25, 0.3) is 11.1 Å². The highest BCUT2D eigenvalue weighted by Crippen LogP contribution is 2.58. The first-order valence-electron chi connectivity index (χ1n) is 10.2. The van der Waals surface area contributed by atoms with Gasteiger partial charge in [0.25, 0.3) is 0 Å². The van der Waals surface area contributed by atoms with Gasteiger partial charge in [0, 0.05) is 0 Å². The maximum Gasteiger partial charge on any atom is 0.147 e. The molecule has 166 valence electrons. The normalized spacial score (nSPS) is 13.4. The molecule has 0 unspecified atom stereocenters. The summed E-state index contributed by atoms with van der Waals surface area (Å²) < 4.78 is 14.8. The van der Waals surface area contributed by atoms with Gasteiger partial charge in [0.15, 0.2) is 0 Å². The van der Waals surface area contributed by atoms with Crippen LogP contribution < -0.4 is 9.47 Å². The first-order chi connectivity index (χ1) is 15.9. The van der Waals surface area contributed by atoms with Gasteiger partial charge in [0.2, 0.25) is 0 Å². The lowest BCUT2D eigenvalue weighted by atomic mass is 9.67. The minimum Gasteiger partial charge on any atom is -0.494 e. The van der Waals surface area contributed by atoms with Crippen molar-refractivity contribution in [2.24, 2.45) is 0 Å². The summed E-state index contributed by atoms with van der Waals surface area (Å²) in [5.41, 5.74) is 6.66. The van der Waals surface area contributed by atoms with E-state index in [9.17, 15) is 0 Å². The second-order valence-corrected chi connectivity index (χ2v) is 11.2. The zero-order valence-corrected chi connectivity index (χ0v) is 24.1. The summed E-state index contributed by atoms with van der Waals surface area (Å²) in [6.07, 6.45) is 0. The summed E-state index contributed by atoms with van der Waals surface area (Å²) in [5.74, 6) is 1.54. The molecule has 4 aromatic carbocycles. The number of halogens is 4. The summed E-state index contributed by atoms with van der Waals surface area (Å²) in [7, 11) is 3.36. The fraction of sp³-hybridized carbons (Fsp3) is 0.111. The molecule has 0 radical (unpaired) electrons. The Morgan fingerprint density at radius 2 is 0.879 bits per heavy atom. The van der Waals surface area contributed by atoms with Crippen LogP contribution in [0.4, 0.5) is 0 Å². The van der Waals surface area contributed by atoms with Crippen LogP contribution in [0, 0.1) is 0 Å². The first kappa shape index (κ1) is 23.2. The average molecular weight is 694 g/mol. The maximum atomic E-state index is 5.61. The molecule has 33 heavy (non-hydrogen) atoms. The SMILES string of the molecule is COc1c(Br)cc(C2(c3cc(Br)c(OC)c(Br)c3)c3ccccc3-c3ccccc32)cc1Br. The molecular formula is C27H18Br4O2. The van der Waals surface area contributed by atoms with Crippen molar-refractivity contribution in [3.05, 3.63) is 113 Å². The zero-order valence-electron chi connectivity index (χ0n) is 17.8. The van der Waals surface area contributed by atoms with Gasteiger partial charge in [-0.05, 0) is 121 Å². The Kier molecular flexibility index (Phi) is 6.23. The molecule has 0 N–H and O–H groups in total. The zero-order chi connectivity index (χ0) is 23.3. The second-order valence-electron chi connectivity index (χ2n) is 7.79. The molecule has 2 nitrogen and oxygen atoms in total. The van der Waals surface area contributed by atoms with Crippen molar-refractivity contribution in [1.29, 1.82) is 0 Å². The topological polar surface area (TPSA) is 18.5 Å². The van der Waals surface area contributed by atoms with Gasteiger partial charge in [-0.15, -0.1) is 0 Å². The highest BCUT2D eigenvalue weighted by atomic mass is 79.9. The lowest BCUT2D eigenvalue weighted by Gasteiger charge is -2.35. The monoisotopic (exact) mass is 690 g/mol. The molecule has 4 aromatic rings. The van der Waals surface area contributed by atoms with E-state index < -0.39 is 5.41 Å². The van der Waals surface area contributed by atoms with Crippen molar-refractivity contribution in [2.45, 2.75) is 5.41 Å². The summed E-state index contributed by atoms with van der Waals surface area (Å²) in [6.45, 7) is 0. The predicted octanol–water partition coefficient (Wildman–Crippen LogP) is 9.12. The average Bonchev–Trinajstić information content (AvgIpc) is 3.10. The lowest BCUT2D eigenvalue weighted by molar-refractivity contribution is 0.408. The molecular weight excluding hydrogens is 676 g/mol. The van der Waals surface area contributed by atoms with Crippen molar-refractivity contribution in [1.82, 2.24) is 0 Å². The largest absolute Gasteiger partial charge is 0.494 e. The van der Waals surface area contributed by atoms with Crippen molar-refractivity contribution < 1.29 is 9.47 Å². The number of benzene rings is 4. The van der Waals surface area contributed by atoms with E-state index in [4.69, 9.17) is 9.47 Å². The molecule has 6 heteroatoms. The molecule has 0 saturated heterocycles. The summed E-state index contributed by atoms with van der Waals surface area (Å²) >= 11 is 15.0. The summed E-state index contributed by atoms with van der Waals surface area (Å²) in [6, 6.07) is 25.9. The number of methoxy groups -OCH3 is 2. The van der Waals surface area contributed by atoms with Gasteiger partial charge >= 0.3 is 0 Å². The Hall–Kier alpha value is -1.60. The van der Waals surface area contributed by atoms with Crippen LogP contribution >= 0.6 is 63.7 Å². The van der Waals surface area contributed by atoms with E-state index in [1.807, 2.05) is 0 Å². The van der Waals surface area contributed by atoms with Gasteiger partial charge in [-0.25, -0.2) is 0 Å². The first-order valence-corrected chi connectivity index (χ1v) is 13.4. The molecule has 0 bridgehead atoms. The van der Waals surface area contributed by atoms with E-state index in [0.717, 1.165) is 40.5 Å². The maximum absolute atomic E-state index is 5.61. The Labute approximate surface area is 226 Å². The highest BCUT2D eigenvalue weighted by molar-refractivity contribution is 9.11. The van der Waals surface area contributed by atoms with Gasteiger partial charge in [-0.3, -0.25) is 0 Å². The van der Waals surface area contributed by atoms with Crippen LogP contribution in [0.2, 0.25) is 0 Å². The Bertz CT molecular complexity index is 1240. The summed E-state index contributed by atoms with van der Waals surface area (Å²) in [5, 5.41) is 0. The number of hydrogen-bond donors (Lipinski definition) is 0. The van der Waals surface area contributed by atoms with E-state index in [1.54, 1.807) is 14.2 Å². The van der Waals surface area contributed by atoms with E-state index in [1.165, 1.54) is 22.3 Å². The second kappa shape index (κ2) is 8.88. The number of ether oxygens (including phenoxy) is 2. The van der Waals surface area contributed by atoms with Crippen molar-refractivity contribution in [3.63, 3.8) is 0 Å². The van der Waals surface area contributed by atoms with Crippen LogP contribution in [-0.4, -0.2) is 14.2 Å². The van der Waals surface area contributed by atoms with Crippen LogP contribution in [-0.2, 0) is 5.41 Å². The van der Waals surface area contributed by atoms with Crippen LogP contribution in [0.15, 0.2) is 90.7 Å². The molecule has 0 aromatic heterocycles. The third-order valence-electron chi connectivity index (χ3n) is 6.22. The Balaban J connectivity index is 1.97. The van der Waals surface area contributed by atoms with Gasteiger partial charge in [0.05, 0.1) is 37.5 Å². The molecule has 0 fully saturated rings. The van der Waals surface area contributed by atoms with Crippen LogP contribution in [0.5, 0.6) is 11.5 Å². The van der Waals surface area contributed by atoms with Gasteiger partial charge in [-0.2, -0.15) is 0 Å². The third-order valence-corrected chi connectivity index (χ3v) is 8.58. The van der Waals surface area contributed by atoms with Crippen LogP contribution in [0.3, 0.4) is 0 Å². The standard InChI is InChI=1S/C27H18Br4O2/c1-32-25-21(28)11-15(12-22(25)29)27(16-13-23(30)26(33-2)24(31)14-16)19-9-5-3-7-17(19)18-8-4-6-10-20(18)27/h3-14H,1-2H3. The third kappa shape index (κ3) is 3.44. The number of fused-ring (bicyclic) bond motifs is 3. The lowest BCUT2D eigenvalue weighted by Crippen LogP contribution is -2.29. The molecule has 0 aliphatic heterocycles. The van der Waals surface area contributed by atoms with Gasteiger partial charge in [0.1, 0.15) is 11.5 Å². The van der Waals surface area contributed by atoms with E-state index in [0.29, 0.717) is 0 Å². The highest BCUT2D eigenvalue weighted by Gasteiger charge is 2.46. The Morgan fingerprint density at radius 1 is 0.545 bits per heavy atom. The minimum atomic E-state index is -0.540. The number of hydrogen-bond acceptors (Lipinski definition) is 2. The van der Waals surface area contributed by atoms with E-state index in [-0.39, 0.29) is 0 Å². The summed E-state index contributed by atoms with van der Waals surface area (Å²) in [4.78, 5) is 0. The molecule has 1 aliphatic carbocycles. The number of rotatable bonds is 4. The fourth-order valence-corrected chi connectivity index (χ4v) is 7.99. The molecule has 0 spiro atoms. The predicted molar refractivity (Wildman–Crippen MR) is 148 cm³/mol. The molecule has 0 saturated carbocycles. The molecule has 0 heterocycles. The van der Waals surface area contributed by atoms with Crippen LogP contribution in [0.1, 0.15) is 22.3 Å². The molecule has 5 rings (SSSR count).